The van der Waals surface area contributed by atoms with Crippen molar-refractivity contribution in [2.45, 2.75) is 12.8 Å². The van der Waals surface area contributed by atoms with Crippen LogP contribution in [0.25, 0.3) is 22.0 Å². The second-order valence-corrected chi connectivity index (χ2v) is 9.32. The van der Waals surface area contributed by atoms with Crippen molar-refractivity contribution in [1.82, 2.24) is 14.9 Å². The number of rotatable bonds is 8. The van der Waals surface area contributed by atoms with E-state index in [0.717, 1.165) is 25.9 Å². The van der Waals surface area contributed by atoms with Gasteiger partial charge in [0, 0.05) is 42.7 Å². The molecule has 1 aliphatic heterocycles. The molecule has 1 aromatic heterocycles. The number of fused-ring (bicyclic) bond motifs is 1. The normalized spacial score (nSPS) is 16.5. The predicted octanol–water partition coefficient (Wildman–Crippen LogP) is 4.29. The predicted molar refractivity (Wildman–Crippen MR) is 138 cm³/mol. The molecule has 0 bridgehead atoms. The van der Waals surface area contributed by atoms with Gasteiger partial charge in [-0.3, -0.25) is 9.69 Å². The maximum atomic E-state index is 13.8. The Balaban J connectivity index is 1.55. The molecule has 1 saturated heterocycles. The van der Waals surface area contributed by atoms with Crippen molar-refractivity contribution in [2.75, 3.05) is 50.5 Å². The Bertz CT molecular complexity index is 1290. The van der Waals surface area contributed by atoms with E-state index in [9.17, 15) is 9.18 Å². The zero-order chi connectivity index (χ0) is 25.1. The molecule has 0 radical (unpaired) electrons. The van der Waals surface area contributed by atoms with Crippen LogP contribution in [0.4, 0.5) is 16.0 Å². The van der Waals surface area contributed by atoms with E-state index in [2.05, 4.69) is 20.2 Å². The molecule has 3 N–H and O–H groups in total. The Kier molecular flexibility index (Phi) is 7.31. The molecule has 0 spiro atoms. The molecule has 0 atom stereocenters. The van der Waals surface area contributed by atoms with Crippen molar-refractivity contribution in [3.05, 3.63) is 53.5 Å². The van der Waals surface area contributed by atoms with Crippen molar-refractivity contribution >= 4 is 40.0 Å². The van der Waals surface area contributed by atoms with Crippen molar-refractivity contribution < 1.29 is 18.7 Å². The number of nitrogens with zero attached hydrogens (tertiary/aromatic N) is 3. The minimum absolute atomic E-state index is 0.0218. The number of benzene rings is 2. The standard InChI is InChI=1S/C26H27ClFN5O3/c27-25-23-19(30-26(29)32-25)14-20(36-15-16-3-4-16)24(22(23)17-5-7-18(28)8-6-17)31-21(34)2-1-9-33-10-12-35-13-11-33/h1-2,5-8,14,16H,3-4,9-13,15H2,(H,31,34)(H2,29,30,32). The Labute approximate surface area is 213 Å². The van der Waals surface area contributed by atoms with Gasteiger partial charge in [-0.05, 0) is 36.5 Å². The van der Waals surface area contributed by atoms with Crippen LogP contribution < -0.4 is 15.8 Å². The number of carbonyl (C=O) groups excluding carboxylic acids is 1. The third kappa shape index (κ3) is 5.75. The van der Waals surface area contributed by atoms with Crippen LogP contribution in [-0.4, -0.2) is 60.2 Å². The Morgan fingerprint density at radius 1 is 1.25 bits per heavy atom. The monoisotopic (exact) mass is 511 g/mol. The zero-order valence-corrected chi connectivity index (χ0v) is 20.4. The van der Waals surface area contributed by atoms with Gasteiger partial charge >= 0.3 is 0 Å². The summed E-state index contributed by atoms with van der Waals surface area (Å²) in [6.07, 6.45) is 5.53. The molecule has 1 amide bonds. The highest BCUT2D eigenvalue weighted by molar-refractivity contribution is 6.36. The Morgan fingerprint density at radius 2 is 2.00 bits per heavy atom. The number of nitrogens with two attached hydrogens (primary N) is 1. The molecule has 5 rings (SSSR count). The number of aromatic nitrogens is 2. The number of nitrogen functional groups attached to an aromatic ring is 1. The largest absolute Gasteiger partial charge is 0.491 e. The number of hydrogen-bond donors (Lipinski definition) is 2. The molecule has 1 aliphatic carbocycles. The molecule has 2 heterocycles. The molecule has 1 saturated carbocycles. The van der Waals surface area contributed by atoms with E-state index in [1.807, 2.05) is 6.08 Å². The molecule has 188 valence electrons. The van der Waals surface area contributed by atoms with Crippen LogP contribution >= 0.6 is 11.6 Å². The van der Waals surface area contributed by atoms with Gasteiger partial charge in [0.25, 0.3) is 0 Å². The van der Waals surface area contributed by atoms with Gasteiger partial charge < -0.3 is 20.5 Å². The van der Waals surface area contributed by atoms with Crippen LogP contribution in [0.1, 0.15) is 12.8 Å². The fourth-order valence-electron chi connectivity index (χ4n) is 4.14. The molecule has 0 unspecified atom stereocenters. The number of anilines is 2. The Morgan fingerprint density at radius 3 is 2.72 bits per heavy atom. The van der Waals surface area contributed by atoms with E-state index in [1.165, 1.54) is 18.2 Å². The molecule has 2 aromatic carbocycles. The summed E-state index contributed by atoms with van der Waals surface area (Å²) < 4.78 is 25.3. The van der Waals surface area contributed by atoms with Crippen LogP contribution in [-0.2, 0) is 9.53 Å². The quantitative estimate of drug-likeness (QED) is 0.343. The number of morpholine rings is 1. The van der Waals surface area contributed by atoms with Gasteiger partial charge in [-0.2, -0.15) is 0 Å². The summed E-state index contributed by atoms with van der Waals surface area (Å²) >= 11 is 6.53. The molecule has 3 aromatic rings. The van der Waals surface area contributed by atoms with E-state index >= 15 is 0 Å². The minimum Gasteiger partial charge on any atom is -0.491 e. The number of ether oxygens (including phenoxy) is 2. The molecule has 2 fully saturated rings. The first-order chi connectivity index (χ1) is 17.5. The molecule has 10 heteroatoms. The summed E-state index contributed by atoms with van der Waals surface area (Å²) in [7, 11) is 0. The van der Waals surface area contributed by atoms with Gasteiger partial charge in [0.2, 0.25) is 11.9 Å². The lowest BCUT2D eigenvalue weighted by Crippen LogP contribution is -2.36. The van der Waals surface area contributed by atoms with Gasteiger partial charge in [-0.15, -0.1) is 0 Å². The number of amides is 1. The number of halogens is 2. The molecular formula is C26H27ClFN5O3. The summed E-state index contributed by atoms with van der Waals surface area (Å²) in [5, 5.41) is 3.59. The van der Waals surface area contributed by atoms with E-state index in [4.69, 9.17) is 26.8 Å². The van der Waals surface area contributed by atoms with Crippen molar-refractivity contribution in [2.24, 2.45) is 5.92 Å². The van der Waals surface area contributed by atoms with Crippen LogP contribution in [0.2, 0.25) is 5.15 Å². The van der Waals surface area contributed by atoms with Gasteiger partial charge in [-0.1, -0.05) is 29.8 Å². The zero-order valence-electron chi connectivity index (χ0n) is 19.7. The lowest BCUT2D eigenvalue weighted by molar-refractivity contribution is -0.111. The maximum Gasteiger partial charge on any atom is 0.248 e. The van der Waals surface area contributed by atoms with Gasteiger partial charge in [0.05, 0.1) is 31.0 Å². The number of carbonyl (C=O) groups is 1. The lowest BCUT2D eigenvalue weighted by Gasteiger charge is -2.25. The summed E-state index contributed by atoms with van der Waals surface area (Å²) in [6.45, 7) is 4.18. The van der Waals surface area contributed by atoms with Crippen molar-refractivity contribution in [3.8, 4) is 16.9 Å². The third-order valence-electron chi connectivity index (χ3n) is 6.21. The molecular weight excluding hydrogens is 485 g/mol. The van der Waals surface area contributed by atoms with Crippen molar-refractivity contribution in [3.63, 3.8) is 0 Å². The highest BCUT2D eigenvalue weighted by Crippen LogP contribution is 2.45. The van der Waals surface area contributed by atoms with E-state index < -0.39 is 0 Å². The third-order valence-corrected chi connectivity index (χ3v) is 6.49. The number of hydrogen-bond acceptors (Lipinski definition) is 7. The summed E-state index contributed by atoms with van der Waals surface area (Å²) in [5.74, 6) is 0.236. The van der Waals surface area contributed by atoms with Crippen molar-refractivity contribution in [1.29, 1.82) is 0 Å². The summed E-state index contributed by atoms with van der Waals surface area (Å²) in [6, 6.07) is 7.63. The van der Waals surface area contributed by atoms with Crippen LogP contribution in [0.3, 0.4) is 0 Å². The second kappa shape index (κ2) is 10.8. The van der Waals surface area contributed by atoms with Crippen LogP contribution in [0, 0.1) is 11.7 Å². The maximum absolute atomic E-state index is 13.8. The Hall–Kier alpha value is -3.27. The average Bonchev–Trinajstić information content (AvgIpc) is 3.69. The van der Waals surface area contributed by atoms with Gasteiger partial charge in [0.1, 0.15) is 16.7 Å². The first-order valence-electron chi connectivity index (χ1n) is 11.9. The fourth-order valence-corrected chi connectivity index (χ4v) is 4.42. The van der Waals surface area contributed by atoms with E-state index in [1.54, 1.807) is 18.2 Å². The topological polar surface area (TPSA) is 103 Å². The average molecular weight is 512 g/mol. The van der Waals surface area contributed by atoms with E-state index in [0.29, 0.717) is 65.8 Å². The smallest absolute Gasteiger partial charge is 0.248 e. The first-order valence-corrected chi connectivity index (χ1v) is 12.3. The first kappa shape index (κ1) is 24.4. The molecule has 2 aliphatic rings. The highest BCUT2D eigenvalue weighted by atomic mass is 35.5. The van der Waals surface area contributed by atoms with E-state index in [-0.39, 0.29) is 22.8 Å². The van der Waals surface area contributed by atoms with Gasteiger partial charge in [-0.25, -0.2) is 14.4 Å². The summed E-state index contributed by atoms with van der Waals surface area (Å²) in [4.78, 5) is 23.7. The summed E-state index contributed by atoms with van der Waals surface area (Å²) in [5.41, 5.74) is 7.92. The second-order valence-electron chi connectivity index (χ2n) is 8.96. The highest BCUT2D eigenvalue weighted by Gasteiger charge is 2.25. The molecule has 8 nitrogen and oxygen atoms in total. The minimum atomic E-state index is -0.382. The number of nitrogens with one attached hydrogen (secondary N) is 1. The fraction of sp³-hybridized carbons (Fsp3) is 0.346. The van der Waals surface area contributed by atoms with Crippen LogP contribution in [0.5, 0.6) is 5.75 Å². The SMILES string of the molecule is Nc1nc(Cl)c2c(-c3ccc(F)cc3)c(NC(=O)C=CCN3CCOCC3)c(OCC3CC3)cc2n1. The molecule has 36 heavy (non-hydrogen) atoms. The van der Waals surface area contributed by atoms with Gasteiger partial charge in [0.15, 0.2) is 0 Å². The van der Waals surface area contributed by atoms with Crippen LogP contribution in [0.15, 0.2) is 42.5 Å². The lowest BCUT2D eigenvalue weighted by atomic mass is 9.98.